The van der Waals surface area contributed by atoms with E-state index < -0.39 is 23.8 Å². The summed E-state index contributed by atoms with van der Waals surface area (Å²) >= 11 is 0. The fourth-order valence-electron chi connectivity index (χ4n) is 6.33. The molecule has 1 aliphatic heterocycles. The summed E-state index contributed by atoms with van der Waals surface area (Å²) < 4.78 is 0. The number of hydrogen-bond donors (Lipinski definition) is 0. The van der Waals surface area contributed by atoms with Crippen molar-refractivity contribution in [1.29, 1.82) is 10.5 Å². The van der Waals surface area contributed by atoms with Crippen molar-refractivity contribution in [3.63, 3.8) is 0 Å². The Bertz CT molecular complexity index is 2130. The first kappa shape index (κ1) is 25.9. The van der Waals surface area contributed by atoms with Crippen LogP contribution in [0.4, 0.5) is 0 Å². The van der Waals surface area contributed by atoms with Gasteiger partial charge in [-0.1, -0.05) is 18.2 Å². The standard InChI is InChI=1S/C33H24N4O4/c1-15(2)36(14-38)31(39)23-10-18(12-34)26-21-8-9-22-28-24(33(41)37(16(3)4)32(22)40)11-19(13-35)27(30(21)28)20-7-6-17(5)25(23)29(20)26/h6-11,14-16H,1-5H3. The molecular formula is C33H24N4O4. The normalized spacial score (nSPS) is 13.1. The van der Waals surface area contributed by atoms with E-state index in [1.165, 1.54) is 11.0 Å². The second kappa shape index (κ2) is 8.84. The first-order chi connectivity index (χ1) is 19.6. The van der Waals surface area contributed by atoms with Crippen LogP contribution in [0, 0.1) is 29.6 Å². The Balaban J connectivity index is 1.90. The highest BCUT2D eigenvalue weighted by molar-refractivity contribution is 6.40. The van der Waals surface area contributed by atoms with Gasteiger partial charge in [-0.3, -0.25) is 29.0 Å². The second-order valence-electron chi connectivity index (χ2n) is 11.0. The lowest BCUT2D eigenvalue weighted by atomic mass is 9.80. The van der Waals surface area contributed by atoms with Crippen LogP contribution in [0.2, 0.25) is 0 Å². The fourth-order valence-corrected chi connectivity index (χ4v) is 6.33. The molecule has 0 atom stereocenters. The van der Waals surface area contributed by atoms with E-state index in [1.54, 1.807) is 45.9 Å². The SMILES string of the molecule is Cc1ccc2c3c(C#N)cc4c5c(ccc(c6c(C#N)cc(C(=O)N(C=O)C(C)C)c1c26)c53)C(=O)N(C(C)C)C4=O. The highest BCUT2D eigenvalue weighted by Crippen LogP contribution is 2.47. The third-order valence-electron chi connectivity index (χ3n) is 8.10. The minimum atomic E-state index is -0.528. The van der Waals surface area contributed by atoms with E-state index in [0.29, 0.717) is 55.1 Å². The van der Waals surface area contributed by atoms with E-state index in [4.69, 9.17) is 0 Å². The molecule has 6 rings (SSSR count). The molecule has 0 unspecified atom stereocenters. The number of rotatable bonds is 4. The van der Waals surface area contributed by atoms with Crippen molar-refractivity contribution >= 4 is 67.2 Å². The van der Waals surface area contributed by atoms with Gasteiger partial charge in [0.25, 0.3) is 17.7 Å². The fraction of sp³-hybridized carbons (Fsp3) is 0.212. The van der Waals surface area contributed by atoms with Crippen molar-refractivity contribution in [3.8, 4) is 12.1 Å². The molecular weight excluding hydrogens is 516 g/mol. The van der Waals surface area contributed by atoms with Gasteiger partial charge in [-0.2, -0.15) is 10.5 Å². The summed E-state index contributed by atoms with van der Waals surface area (Å²) in [6, 6.07) is 13.9. The minimum Gasteiger partial charge on any atom is -0.279 e. The van der Waals surface area contributed by atoms with E-state index in [1.807, 2.05) is 19.1 Å². The lowest BCUT2D eigenvalue weighted by molar-refractivity contribution is -0.117. The molecule has 5 aromatic carbocycles. The van der Waals surface area contributed by atoms with Crippen LogP contribution in [0.5, 0.6) is 0 Å². The topological polar surface area (TPSA) is 122 Å². The largest absolute Gasteiger partial charge is 0.279 e. The van der Waals surface area contributed by atoms with Crippen molar-refractivity contribution in [1.82, 2.24) is 9.80 Å². The molecule has 0 spiro atoms. The van der Waals surface area contributed by atoms with Crippen molar-refractivity contribution in [2.24, 2.45) is 0 Å². The summed E-state index contributed by atoms with van der Waals surface area (Å²) in [5.41, 5.74) is 2.06. The molecule has 0 saturated carbocycles. The summed E-state index contributed by atoms with van der Waals surface area (Å²) in [6.45, 7) is 8.83. The predicted molar refractivity (Wildman–Crippen MR) is 155 cm³/mol. The van der Waals surface area contributed by atoms with E-state index in [-0.39, 0.29) is 28.3 Å². The van der Waals surface area contributed by atoms with Gasteiger partial charge in [0.15, 0.2) is 0 Å². The maximum atomic E-state index is 13.7. The van der Waals surface area contributed by atoms with Gasteiger partial charge < -0.3 is 0 Å². The minimum absolute atomic E-state index is 0.212. The first-order valence-electron chi connectivity index (χ1n) is 13.3. The van der Waals surface area contributed by atoms with E-state index >= 15 is 0 Å². The van der Waals surface area contributed by atoms with Gasteiger partial charge >= 0.3 is 0 Å². The van der Waals surface area contributed by atoms with E-state index in [0.717, 1.165) is 10.5 Å². The molecule has 0 aliphatic carbocycles. The molecule has 0 radical (unpaired) electrons. The zero-order chi connectivity index (χ0) is 29.5. The monoisotopic (exact) mass is 540 g/mol. The van der Waals surface area contributed by atoms with Gasteiger partial charge in [0.05, 0.1) is 28.8 Å². The lowest BCUT2D eigenvalue weighted by Gasteiger charge is -2.31. The summed E-state index contributed by atoms with van der Waals surface area (Å²) in [6.07, 6.45) is 0.490. The first-order valence-corrected chi connectivity index (χ1v) is 13.3. The maximum Gasteiger partial charge on any atom is 0.261 e. The third-order valence-corrected chi connectivity index (χ3v) is 8.10. The summed E-state index contributed by atoms with van der Waals surface area (Å²) in [7, 11) is 0. The van der Waals surface area contributed by atoms with Crippen molar-refractivity contribution in [2.45, 2.75) is 46.7 Å². The van der Waals surface area contributed by atoms with Gasteiger partial charge in [-0.25, -0.2) is 0 Å². The molecule has 0 bridgehead atoms. The Labute approximate surface area is 235 Å². The molecule has 0 fully saturated rings. The molecule has 41 heavy (non-hydrogen) atoms. The average Bonchev–Trinajstić information content (AvgIpc) is 2.94. The van der Waals surface area contributed by atoms with Crippen LogP contribution in [0.1, 0.15) is 75.5 Å². The van der Waals surface area contributed by atoms with Crippen LogP contribution in [-0.4, -0.2) is 46.0 Å². The molecule has 0 aromatic heterocycles. The molecule has 1 aliphatic rings. The van der Waals surface area contributed by atoms with Crippen LogP contribution in [0.25, 0.3) is 43.1 Å². The number of benzene rings is 5. The quantitative estimate of drug-likeness (QED) is 0.123. The maximum absolute atomic E-state index is 13.7. The number of aryl methyl sites for hydroxylation is 1. The summed E-state index contributed by atoms with van der Waals surface area (Å²) in [5, 5.41) is 25.2. The number of nitriles is 2. The predicted octanol–water partition coefficient (Wildman–Crippen LogP) is 5.80. The number of fused-ring (bicyclic) bond motifs is 2. The van der Waals surface area contributed by atoms with Gasteiger partial charge in [0, 0.05) is 44.8 Å². The zero-order valence-electron chi connectivity index (χ0n) is 23.1. The molecule has 4 amide bonds. The Kier molecular flexibility index (Phi) is 5.59. The summed E-state index contributed by atoms with van der Waals surface area (Å²) in [4.78, 5) is 55.0. The molecule has 0 saturated heterocycles. The van der Waals surface area contributed by atoms with Crippen LogP contribution >= 0.6 is 0 Å². The van der Waals surface area contributed by atoms with Crippen LogP contribution in [0.3, 0.4) is 0 Å². The number of carbonyl (C=O) groups is 4. The Hall–Kier alpha value is -5.34. The Morgan fingerprint density at radius 3 is 1.93 bits per heavy atom. The van der Waals surface area contributed by atoms with Crippen molar-refractivity contribution in [3.05, 3.63) is 69.8 Å². The zero-order valence-corrected chi connectivity index (χ0v) is 23.1. The number of imide groups is 2. The van der Waals surface area contributed by atoms with Crippen molar-refractivity contribution < 1.29 is 19.2 Å². The smallest absolute Gasteiger partial charge is 0.261 e. The average molecular weight is 541 g/mol. The van der Waals surface area contributed by atoms with Crippen molar-refractivity contribution in [2.75, 3.05) is 0 Å². The molecule has 8 heteroatoms. The van der Waals surface area contributed by atoms with Crippen LogP contribution in [-0.2, 0) is 4.79 Å². The van der Waals surface area contributed by atoms with E-state index in [2.05, 4.69) is 12.1 Å². The lowest BCUT2D eigenvalue weighted by Crippen LogP contribution is -2.44. The Morgan fingerprint density at radius 1 is 0.805 bits per heavy atom. The van der Waals surface area contributed by atoms with Gasteiger partial charge in [-0.15, -0.1) is 0 Å². The molecule has 8 nitrogen and oxygen atoms in total. The summed E-state index contributed by atoms with van der Waals surface area (Å²) in [5.74, 6) is -1.41. The molecule has 0 N–H and O–H groups in total. The third kappa shape index (κ3) is 3.25. The van der Waals surface area contributed by atoms with Crippen LogP contribution < -0.4 is 0 Å². The Morgan fingerprint density at radius 2 is 1.37 bits per heavy atom. The molecule has 200 valence electrons. The van der Waals surface area contributed by atoms with Gasteiger partial charge in [0.1, 0.15) is 0 Å². The number of carbonyl (C=O) groups excluding carboxylic acids is 4. The highest BCUT2D eigenvalue weighted by Gasteiger charge is 2.37. The number of nitrogens with zero attached hydrogens (tertiary/aromatic N) is 4. The number of hydrogen-bond acceptors (Lipinski definition) is 6. The van der Waals surface area contributed by atoms with Gasteiger partial charge in [-0.05, 0) is 79.9 Å². The molecule has 5 aromatic rings. The van der Waals surface area contributed by atoms with Crippen LogP contribution in [0.15, 0.2) is 36.4 Å². The highest BCUT2D eigenvalue weighted by atomic mass is 16.2. The van der Waals surface area contributed by atoms with E-state index in [9.17, 15) is 29.7 Å². The molecule has 1 heterocycles. The second-order valence-corrected chi connectivity index (χ2v) is 11.0. The van der Waals surface area contributed by atoms with Gasteiger partial charge in [0.2, 0.25) is 6.41 Å². The number of amides is 4.